The minimum atomic E-state index is -0.167. The minimum absolute atomic E-state index is 0.167. The third kappa shape index (κ3) is 3.22. The van der Waals surface area contributed by atoms with Gasteiger partial charge in [0.2, 0.25) is 0 Å². The molecule has 0 spiro atoms. The summed E-state index contributed by atoms with van der Waals surface area (Å²) in [5.41, 5.74) is 1.26. The predicted octanol–water partition coefficient (Wildman–Crippen LogP) is 2.93. The van der Waals surface area contributed by atoms with Crippen molar-refractivity contribution in [3.63, 3.8) is 0 Å². The van der Waals surface area contributed by atoms with E-state index in [-0.39, 0.29) is 5.38 Å². The third-order valence-corrected chi connectivity index (χ3v) is 1.61. The number of allylic oxidation sites excluding steroid dienone is 1. The minimum Gasteiger partial charge on any atom is -0.117 e. The first kappa shape index (κ1) is 7.61. The van der Waals surface area contributed by atoms with E-state index in [1.807, 2.05) is 0 Å². The van der Waals surface area contributed by atoms with Gasteiger partial charge in [-0.3, -0.25) is 0 Å². The number of hydrogen-bond donors (Lipinski definition) is 0. The lowest BCUT2D eigenvalue weighted by atomic mass is 10.5. The Bertz CT molecular complexity index is 75.0. The molecule has 0 heterocycles. The molecule has 0 rings (SSSR count). The highest BCUT2D eigenvalue weighted by Crippen LogP contribution is 2.13. The maximum atomic E-state index is 5.44. The van der Waals surface area contributed by atoms with Crippen LogP contribution >= 0.6 is 34.8 Å². The first-order valence-electron chi connectivity index (χ1n) is 1.78. The van der Waals surface area contributed by atoms with Crippen molar-refractivity contribution < 1.29 is 0 Å². The van der Waals surface area contributed by atoms with E-state index in [9.17, 15) is 0 Å². The molecule has 7 heavy (non-hydrogen) atoms. The Labute approximate surface area is 58.1 Å². The summed E-state index contributed by atoms with van der Waals surface area (Å²) in [7, 11) is 0. The van der Waals surface area contributed by atoms with Crippen molar-refractivity contribution in [3.8, 4) is 0 Å². The van der Waals surface area contributed by atoms with Gasteiger partial charge in [-0.25, -0.2) is 0 Å². The largest absolute Gasteiger partial charge is 0.117 e. The highest BCUT2D eigenvalue weighted by Gasteiger charge is 1.97. The molecule has 1 atom stereocenters. The van der Waals surface area contributed by atoms with Crippen molar-refractivity contribution in [2.45, 2.75) is 12.3 Å². The van der Waals surface area contributed by atoms with Gasteiger partial charge in [0, 0.05) is 10.6 Å². The van der Waals surface area contributed by atoms with Crippen LogP contribution < -0.4 is 0 Å². The van der Waals surface area contributed by atoms with E-state index in [2.05, 4.69) is 0 Å². The zero-order valence-electron chi connectivity index (χ0n) is 3.79. The van der Waals surface area contributed by atoms with E-state index in [4.69, 9.17) is 34.8 Å². The fourth-order valence-corrected chi connectivity index (χ4v) is 0.403. The zero-order valence-corrected chi connectivity index (χ0v) is 6.06. The van der Waals surface area contributed by atoms with Gasteiger partial charge in [0.15, 0.2) is 0 Å². The number of hydrogen-bond acceptors (Lipinski definition) is 0. The summed E-state index contributed by atoms with van der Waals surface area (Å²) in [5, 5.41) is 0.308. The normalized spacial score (nSPS) is 16.9. The van der Waals surface area contributed by atoms with Gasteiger partial charge in [-0.05, 0) is 6.92 Å². The van der Waals surface area contributed by atoms with Gasteiger partial charge in [0.05, 0.1) is 5.38 Å². The van der Waals surface area contributed by atoms with Crippen molar-refractivity contribution in [1.82, 2.24) is 0 Å². The zero-order chi connectivity index (χ0) is 5.86. The van der Waals surface area contributed by atoms with Crippen LogP contribution in [0, 0.1) is 0 Å². The molecule has 0 aromatic carbocycles. The van der Waals surface area contributed by atoms with E-state index in [0.29, 0.717) is 5.03 Å². The quantitative estimate of drug-likeness (QED) is 0.516. The highest BCUT2D eigenvalue weighted by atomic mass is 35.5. The molecule has 42 valence electrons. The van der Waals surface area contributed by atoms with E-state index < -0.39 is 0 Å². The van der Waals surface area contributed by atoms with Gasteiger partial charge in [-0.2, -0.15) is 0 Å². The van der Waals surface area contributed by atoms with Crippen LogP contribution in [-0.2, 0) is 0 Å². The fourth-order valence-electron chi connectivity index (χ4n) is 0.0868. The van der Waals surface area contributed by atoms with Crippen LogP contribution in [0.15, 0.2) is 10.6 Å². The van der Waals surface area contributed by atoms with Crippen LogP contribution in [0.3, 0.4) is 0 Å². The number of alkyl halides is 1. The lowest BCUT2D eigenvalue weighted by molar-refractivity contribution is 1.21. The Morgan fingerprint density at radius 1 is 1.71 bits per heavy atom. The second-order valence-electron chi connectivity index (χ2n) is 1.11. The smallest absolute Gasteiger partial charge is 0.0673 e. The van der Waals surface area contributed by atoms with Crippen molar-refractivity contribution in [3.05, 3.63) is 10.6 Å². The Morgan fingerprint density at radius 3 is 2.14 bits per heavy atom. The van der Waals surface area contributed by atoms with Crippen LogP contribution in [0.2, 0.25) is 0 Å². The molecule has 0 fully saturated rings. The standard InChI is InChI=1S/C4H5Cl3/c1-3(6)4(7)2-5/h2-3H,1H3. The average Bonchev–Trinajstić information content (AvgIpc) is 1.65. The Morgan fingerprint density at radius 2 is 2.14 bits per heavy atom. The second-order valence-corrected chi connectivity index (χ2v) is 2.42. The molecular formula is C4H5Cl3. The lowest BCUT2D eigenvalue weighted by Crippen LogP contribution is -1.86. The van der Waals surface area contributed by atoms with Crippen molar-refractivity contribution in [1.29, 1.82) is 0 Å². The van der Waals surface area contributed by atoms with Gasteiger partial charge >= 0.3 is 0 Å². The van der Waals surface area contributed by atoms with Crippen LogP contribution in [0.5, 0.6) is 0 Å². The molecule has 0 aromatic rings. The third-order valence-electron chi connectivity index (χ3n) is 0.484. The molecule has 0 amide bonds. The fraction of sp³-hybridized carbons (Fsp3) is 0.500. The average molecular weight is 159 g/mol. The maximum absolute atomic E-state index is 5.44. The topological polar surface area (TPSA) is 0 Å². The number of rotatable bonds is 1. The molecule has 0 N–H and O–H groups in total. The van der Waals surface area contributed by atoms with Crippen LogP contribution in [0.1, 0.15) is 6.92 Å². The van der Waals surface area contributed by atoms with Gasteiger partial charge in [0.25, 0.3) is 0 Å². The summed E-state index contributed by atoms with van der Waals surface area (Å²) in [5.74, 6) is 0. The predicted molar refractivity (Wildman–Crippen MR) is 35.1 cm³/mol. The maximum Gasteiger partial charge on any atom is 0.0673 e. The first-order chi connectivity index (χ1) is 3.18. The van der Waals surface area contributed by atoms with Crippen molar-refractivity contribution in [2.75, 3.05) is 0 Å². The van der Waals surface area contributed by atoms with Crippen molar-refractivity contribution in [2.24, 2.45) is 0 Å². The monoisotopic (exact) mass is 158 g/mol. The molecule has 0 bridgehead atoms. The Kier molecular flexibility index (Phi) is 3.91. The van der Waals surface area contributed by atoms with E-state index in [1.165, 1.54) is 5.54 Å². The SMILES string of the molecule is CC(Cl)C(Cl)=CCl. The summed E-state index contributed by atoms with van der Waals surface area (Å²) in [6, 6.07) is 0. The van der Waals surface area contributed by atoms with Gasteiger partial charge < -0.3 is 0 Å². The highest BCUT2D eigenvalue weighted by molar-refractivity contribution is 6.41. The summed E-state index contributed by atoms with van der Waals surface area (Å²) >= 11 is 16.0. The summed E-state index contributed by atoms with van der Waals surface area (Å²) in [4.78, 5) is 0. The van der Waals surface area contributed by atoms with E-state index in [0.717, 1.165) is 0 Å². The molecular weight excluding hydrogens is 154 g/mol. The Hall–Kier alpha value is 0.610. The Balaban J connectivity index is 3.56. The molecule has 0 saturated carbocycles. The molecule has 0 aromatic heterocycles. The molecule has 0 radical (unpaired) electrons. The van der Waals surface area contributed by atoms with E-state index in [1.54, 1.807) is 6.92 Å². The van der Waals surface area contributed by atoms with Crippen molar-refractivity contribution >= 4 is 34.8 Å². The molecule has 0 aliphatic heterocycles. The van der Waals surface area contributed by atoms with Gasteiger partial charge in [0.1, 0.15) is 0 Å². The van der Waals surface area contributed by atoms with Crippen LogP contribution in [0.25, 0.3) is 0 Å². The molecule has 0 aliphatic carbocycles. The number of halogens is 3. The van der Waals surface area contributed by atoms with Gasteiger partial charge in [-0.1, -0.05) is 23.2 Å². The first-order valence-corrected chi connectivity index (χ1v) is 3.03. The lowest BCUT2D eigenvalue weighted by Gasteiger charge is -1.93. The molecule has 3 heteroatoms. The summed E-state index contributed by atoms with van der Waals surface area (Å²) in [6.07, 6.45) is 0. The summed E-state index contributed by atoms with van der Waals surface area (Å²) in [6.45, 7) is 1.75. The molecule has 0 aliphatic rings. The summed E-state index contributed by atoms with van der Waals surface area (Å²) < 4.78 is 0. The molecule has 1 unspecified atom stereocenters. The molecule has 0 nitrogen and oxygen atoms in total. The van der Waals surface area contributed by atoms with Gasteiger partial charge in [-0.15, -0.1) is 11.6 Å². The van der Waals surface area contributed by atoms with Crippen LogP contribution in [0.4, 0.5) is 0 Å². The van der Waals surface area contributed by atoms with Crippen LogP contribution in [-0.4, -0.2) is 5.38 Å². The van der Waals surface area contributed by atoms with E-state index >= 15 is 0 Å². The molecule has 0 saturated heterocycles. The second kappa shape index (κ2) is 3.59.